The van der Waals surface area contributed by atoms with Crippen LogP contribution in [-0.2, 0) is 11.2 Å². The summed E-state index contributed by atoms with van der Waals surface area (Å²) in [5.74, 6) is -10.6. The van der Waals surface area contributed by atoms with Gasteiger partial charge in [-0.3, -0.25) is 4.79 Å². The summed E-state index contributed by atoms with van der Waals surface area (Å²) in [5, 5.41) is 7.85. The normalized spacial score (nSPS) is 15.6. The molecule has 1 N–H and O–H groups in total. The maximum absolute atomic E-state index is 14.5. The molecule has 11 heteroatoms. The van der Waals surface area contributed by atoms with Crippen molar-refractivity contribution in [2.45, 2.75) is 12.5 Å². The number of nitrogens with zero attached hydrogens (tertiary/aromatic N) is 1. The summed E-state index contributed by atoms with van der Waals surface area (Å²) in [6.07, 6.45) is -5.17. The number of anilines is 1. The molecule has 3 rings (SSSR count). The van der Waals surface area contributed by atoms with Crippen LogP contribution in [0, 0.1) is 23.3 Å². The number of rotatable bonds is 3. The first-order valence-corrected chi connectivity index (χ1v) is 7.27. The first-order valence-electron chi connectivity index (χ1n) is 7.27. The molecule has 4 nitrogen and oxygen atoms in total. The molecule has 0 saturated carbocycles. The second-order valence-electron chi connectivity index (χ2n) is 5.47. The van der Waals surface area contributed by atoms with E-state index in [1.54, 1.807) is 0 Å². The number of fused-ring (bicyclic) bond motifs is 1. The molecule has 0 fully saturated rings. The number of carbonyl (C=O) groups excluding carboxylic acids is 1. The average molecular weight is 395 g/mol. The maximum atomic E-state index is 14.5. The molecule has 27 heavy (non-hydrogen) atoms. The smallest absolute Gasteiger partial charge is 0.423 e. The predicted molar refractivity (Wildman–Crippen MR) is 76.7 cm³/mol. The first-order chi connectivity index (χ1) is 12.6. The van der Waals surface area contributed by atoms with Gasteiger partial charge in [-0.25, -0.2) is 17.6 Å². The highest BCUT2D eigenvalue weighted by Gasteiger charge is 2.51. The Labute approximate surface area is 146 Å². The minimum atomic E-state index is -4.49. The van der Waals surface area contributed by atoms with E-state index in [2.05, 4.69) is 4.74 Å². The van der Waals surface area contributed by atoms with Crippen LogP contribution < -0.4 is 9.86 Å². The molecule has 0 saturated heterocycles. The van der Waals surface area contributed by atoms with E-state index in [1.165, 1.54) is 0 Å². The third kappa shape index (κ3) is 2.87. The fraction of sp³-hybridized carbons (Fsp3) is 0.188. The van der Waals surface area contributed by atoms with Gasteiger partial charge in [0.1, 0.15) is 11.5 Å². The van der Waals surface area contributed by atoms with Gasteiger partial charge in [-0.05, 0) is 17.7 Å². The van der Waals surface area contributed by atoms with E-state index in [0.717, 1.165) is 6.07 Å². The molecule has 0 aromatic heterocycles. The van der Waals surface area contributed by atoms with Crippen LogP contribution in [0.15, 0.2) is 18.2 Å². The average Bonchev–Trinajstić information content (AvgIpc) is 2.62. The molecule has 1 heterocycles. The van der Waals surface area contributed by atoms with E-state index in [1.807, 2.05) is 0 Å². The van der Waals surface area contributed by atoms with Crippen LogP contribution in [0.5, 0.6) is 5.75 Å². The van der Waals surface area contributed by atoms with Gasteiger partial charge in [-0.15, -0.1) is 5.12 Å². The molecule has 0 spiro atoms. The Morgan fingerprint density at radius 2 is 1.70 bits per heavy atom. The Hall–Kier alpha value is -2.82. The lowest BCUT2D eigenvalue weighted by molar-refractivity contribution is -0.196. The summed E-state index contributed by atoms with van der Waals surface area (Å²) < 4.78 is 100. The van der Waals surface area contributed by atoms with Crippen molar-refractivity contribution in [1.29, 1.82) is 0 Å². The van der Waals surface area contributed by atoms with E-state index in [0.29, 0.717) is 12.1 Å². The molecular weight excluding hydrogens is 387 g/mol. The zero-order valence-corrected chi connectivity index (χ0v) is 13.0. The van der Waals surface area contributed by atoms with E-state index in [-0.39, 0.29) is 0 Å². The van der Waals surface area contributed by atoms with Gasteiger partial charge in [0.05, 0.1) is 5.56 Å². The van der Waals surface area contributed by atoms with Crippen LogP contribution in [0.4, 0.5) is 36.5 Å². The molecule has 0 unspecified atom stereocenters. The summed E-state index contributed by atoms with van der Waals surface area (Å²) in [4.78, 5) is 11.2. The zero-order valence-electron chi connectivity index (χ0n) is 13.0. The topological polar surface area (TPSA) is 49.8 Å². The van der Waals surface area contributed by atoms with E-state index in [9.17, 15) is 35.6 Å². The number of amides is 1. The zero-order chi connectivity index (χ0) is 20.1. The molecule has 2 aromatic carbocycles. The van der Waals surface area contributed by atoms with E-state index in [4.69, 9.17) is 5.11 Å². The number of ether oxygens (including phenoxy) is 1. The van der Waals surface area contributed by atoms with Gasteiger partial charge in [-0.1, -0.05) is 10.5 Å². The Bertz CT molecular complexity index is 948. The SMILES string of the molecule is O=C1N(F)c2cc(-c3c(F)c(F)c(F)c(CCO)c3F)ccc2OC1(F)F. The van der Waals surface area contributed by atoms with E-state index < -0.39 is 81.6 Å². The summed E-state index contributed by atoms with van der Waals surface area (Å²) in [7, 11) is 0. The second-order valence-corrected chi connectivity index (χ2v) is 5.47. The Morgan fingerprint density at radius 1 is 1.04 bits per heavy atom. The lowest BCUT2D eigenvalue weighted by atomic mass is 9.98. The van der Waals surface area contributed by atoms with Crippen LogP contribution >= 0.6 is 0 Å². The number of aliphatic hydroxyl groups is 1. The third-order valence-electron chi connectivity index (χ3n) is 3.84. The molecule has 0 aliphatic carbocycles. The number of aliphatic hydroxyl groups excluding tert-OH is 1. The monoisotopic (exact) mass is 395 g/mol. The van der Waals surface area contributed by atoms with Crippen molar-refractivity contribution in [3.8, 4) is 16.9 Å². The minimum Gasteiger partial charge on any atom is -0.423 e. The fourth-order valence-corrected chi connectivity index (χ4v) is 2.58. The van der Waals surface area contributed by atoms with Gasteiger partial charge < -0.3 is 9.84 Å². The number of hydrogen-bond acceptors (Lipinski definition) is 3. The lowest BCUT2D eigenvalue weighted by Crippen LogP contribution is -2.47. The largest absolute Gasteiger partial charge is 0.485 e. The van der Waals surface area contributed by atoms with Crippen molar-refractivity contribution >= 4 is 11.6 Å². The van der Waals surface area contributed by atoms with Crippen LogP contribution in [0.25, 0.3) is 11.1 Å². The molecule has 1 amide bonds. The molecule has 1 aliphatic rings. The number of halogens is 7. The van der Waals surface area contributed by atoms with Gasteiger partial charge >= 0.3 is 12.0 Å². The highest BCUT2D eigenvalue weighted by Crippen LogP contribution is 2.43. The van der Waals surface area contributed by atoms with Crippen LogP contribution in [0.2, 0.25) is 0 Å². The fourth-order valence-electron chi connectivity index (χ4n) is 2.58. The van der Waals surface area contributed by atoms with Crippen molar-refractivity contribution in [2.24, 2.45) is 0 Å². The molecule has 0 atom stereocenters. The van der Waals surface area contributed by atoms with Crippen molar-refractivity contribution in [3.63, 3.8) is 0 Å². The quantitative estimate of drug-likeness (QED) is 0.374. The number of carbonyl (C=O) groups is 1. The Balaban J connectivity index is 2.21. The molecule has 0 bridgehead atoms. The van der Waals surface area contributed by atoms with Crippen LogP contribution in [-0.4, -0.2) is 23.7 Å². The standard InChI is InChI=1S/C16H8F7NO3/c17-11-7(3-4-25)12(18)14(20)13(19)10(11)6-1-2-9-8(5-6)24(23)15(26)16(21,22)27-9/h1-2,5,25H,3-4H2. The maximum Gasteiger partial charge on any atom is 0.485 e. The second kappa shape index (κ2) is 6.41. The van der Waals surface area contributed by atoms with Crippen molar-refractivity contribution < 1.29 is 45.5 Å². The van der Waals surface area contributed by atoms with Gasteiger partial charge in [0.2, 0.25) is 0 Å². The Morgan fingerprint density at radius 3 is 2.33 bits per heavy atom. The molecule has 0 radical (unpaired) electrons. The third-order valence-corrected chi connectivity index (χ3v) is 3.84. The van der Waals surface area contributed by atoms with Crippen molar-refractivity contribution in [1.82, 2.24) is 0 Å². The Kier molecular flexibility index (Phi) is 4.50. The van der Waals surface area contributed by atoms with Gasteiger partial charge in [0.15, 0.2) is 23.2 Å². The number of benzene rings is 2. The van der Waals surface area contributed by atoms with Gasteiger partial charge in [0, 0.05) is 18.6 Å². The lowest BCUT2D eigenvalue weighted by Gasteiger charge is -2.28. The van der Waals surface area contributed by atoms with Crippen LogP contribution in [0.3, 0.4) is 0 Å². The van der Waals surface area contributed by atoms with Crippen molar-refractivity contribution in [2.75, 3.05) is 11.7 Å². The van der Waals surface area contributed by atoms with Crippen molar-refractivity contribution in [3.05, 3.63) is 47.0 Å². The molecular formula is C16H8F7NO3. The minimum absolute atomic E-state index is 0.560. The number of alkyl halides is 2. The highest BCUT2D eigenvalue weighted by atomic mass is 19.3. The van der Waals surface area contributed by atoms with E-state index >= 15 is 0 Å². The molecule has 2 aromatic rings. The molecule has 144 valence electrons. The summed E-state index contributed by atoms with van der Waals surface area (Å²) >= 11 is 0. The predicted octanol–water partition coefficient (Wildman–Crippen LogP) is 3.65. The summed E-state index contributed by atoms with van der Waals surface area (Å²) in [5.41, 5.74) is -3.57. The highest BCUT2D eigenvalue weighted by molar-refractivity contribution is 5.99. The summed E-state index contributed by atoms with van der Waals surface area (Å²) in [6, 6.07) is 2.04. The summed E-state index contributed by atoms with van der Waals surface area (Å²) in [6.45, 7) is -0.780. The van der Waals surface area contributed by atoms with Gasteiger partial charge in [0.25, 0.3) is 0 Å². The first kappa shape index (κ1) is 19.0. The van der Waals surface area contributed by atoms with Crippen LogP contribution in [0.1, 0.15) is 5.56 Å². The number of hydrogen-bond donors (Lipinski definition) is 1. The molecule has 1 aliphatic heterocycles. The van der Waals surface area contributed by atoms with Gasteiger partial charge in [-0.2, -0.15) is 8.78 Å².